The number of aryl methyl sites for hydroxylation is 2. The molecule has 0 unspecified atom stereocenters. The van der Waals surface area contributed by atoms with Crippen LogP contribution in [0.1, 0.15) is 17.5 Å². The summed E-state index contributed by atoms with van der Waals surface area (Å²) in [6, 6.07) is 6.81. The van der Waals surface area contributed by atoms with Crippen molar-refractivity contribution in [2.75, 3.05) is 11.4 Å². The normalized spacial score (nSPS) is 17.8. The number of carbonyl (C=O) groups excluding carboxylic acids is 1. The van der Waals surface area contributed by atoms with E-state index in [1.54, 1.807) is 19.9 Å². The zero-order valence-electron chi connectivity index (χ0n) is 14.3. The first kappa shape index (κ1) is 18.5. The van der Waals surface area contributed by atoms with Crippen LogP contribution in [-0.2, 0) is 14.8 Å². The SMILES string of the molecule is Cc1cc(N2CC[C@@H](NS(=O)(=O)c3cc(F)ccc3C)C2=O)ccc1F. The topological polar surface area (TPSA) is 66.5 Å². The van der Waals surface area contributed by atoms with E-state index in [1.165, 1.54) is 29.2 Å². The predicted octanol–water partition coefficient (Wildman–Crippen LogP) is 2.67. The largest absolute Gasteiger partial charge is 0.311 e. The van der Waals surface area contributed by atoms with Crippen molar-refractivity contribution in [2.24, 2.45) is 0 Å². The van der Waals surface area contributed by atoms with E-state index in [1.807, 2.05) is 0 Å². The van der Waals surface area contributed by atoms with Crippen molar-refractivity contribution in [3.05, 3.63) is 59.2 Å². The maximum Gasteiger partial charge on any atom is 0.245 e. The lowest BCUT2D eigenvalue weighted by Gasteiger charge is -2.18. The van der Waals surface area contributed by atoms with Gasteiger partial charge in [0.2, 0.25) is 15.9 Å². The van der Waals surface area contributed by atoms with Crippen molar-refractivity contribution in [2.45, 2.75) is 31.2 Å². The molecule has 5 nitrogen and oxygen atoms in total. The molecule has 138 valence electrons. The highest BCUT2D eigenvalue weighted by molar-refractivity contribution is 7.89. The van der Waals surface area contributed by atoms with Crippen molar-refractivity contribution in [1.29, 1.82) is 0 Å². The van der Waals surface area contributed by atoms with Crippen LogP contribution in [0, 0.1) is 25.5 Å². The molecule has 2 aromatic rings. The van der Waals surface area contributed by atoms with Gasteiger partial charge in [-0.15, -0.1) is 0 Å². The molecule has 1 aliphatic rings. The van der Waals surface area contributed by atoms with Crippen LogP contribution in [0.2, 0.25) is 0 Å². The van der Waals surface area contributed by atoms with Gasteiger partial charge in [0.1, 0.15) is 17.7 Å². The third-order valence-corrected chi connectivity index (χ3v) is 6.01. The fourth-order valence-electron chi connectivity index (χ4n) is 2.96. The lowest BCUT2D eigenvalue weighted by Crippen LogP contribution is -2.41. The lowest BCUT2D eigenvalue weighted by molar-refractivity contribution is -0.118. The molecule has 2 aromatic carbocycles. The molecule has 1 aliphatic heterocycles. The van der Waals surface area contributed by atoms with Crippen LogP contribution in [0.3, 0.4) is 0 Å². The maximum absolute atomic E-state index is 13.4. The average molecular weight is 380 g/mol. The van der Waals surface area contributed by atoms with Gasteiger partial charge in [0.25, 0.3) is 0 Å². The number of nitrogens with zero attached hydrogens (tertiary/aromatic N) is 1. The second-order valence-corrected chi connectivity index (χ2v) is 7.98. The summed E-state index contributed by atoms with van der Waals surface area (Å²) in [5.74, 6) is -1.47. The predicted molar refractivity (Wildman–Crippen MR) is 93.4 cm³/mol. The van der Waals surface area contributed by atoms with Crippen LogP contribution >= 0.6 is 0 Å². The molecule has 1 fully saturated rings. The van der Waals surface area contributed by atoms with Gasteiger partial charge in [0.15, 0.2) is 0 Å². The van der Waals surface area contributed by atoms with Gasteiger partial charge in [-0.3, -0.25) is 4.79 Å². The maximum atomic E-state index is 13.4. The van der Waals surface area contributed by atoms with Gasteiger partial charge in [-0.25, -0.2) is 17.2 Å². The molecular weight excluding hydrogens is 362 g/mol. The number of carbonyl (C=O) groups is 1. The highest BCUT2D eigenvalue weighted by atomic mass is 32.2. The summed E-state index contributed by atoms with van der Waals surface area (Å²) >= 11 is 0. The van der Waals surface area contributed by atoms with Crippen molar-refractivity contribution in [3.63, 3.8) is 0 Å². The first-order valence-corrected chi connectivity index (χ1v) is 9.53. The van der Waals surface area contributed by atoms with Gasteiger partial charge in [-0.05, 0) is 61.7 Å². The van der Waals surface area contributed by atoms with E-state index in [-0.39, 0.29) is 17.1 Å². The molecule has 1 heterocycles. The Morgan fingerprint density at radius 2 is 1.81 bits per heavy atom. The summed E-state index contributed by atoms with van der Waals surface area (Å²) in [6.45, 7) is 3.45. The molecule has 1 saturated heterocycles. The Morgan fingerprint density at radius 3 is 2.50 bits per heavy atom. The van der Waals surface area contributed by atoms with Gasteiger partial charge in [0, 0.05) is 12.2 Å². The summed E-state index contributed by atoms with van der Waals surface area (Å²) in [4.78, 5) is 13.8. The number of halogens is 2. The minimum absolute atomic E-state index is 0.193. The van der Waals surface area contributed by atoms with Crippen LogP contribution in [0.5, 0.6) is 0 Å². The molecule has 0 spiro atoms. The lowest BCUT2D eigenvalue weighted by atomic mass is 10.2. The van der Waals surface area contributed by atoms with E-state index in [0.29, 0.717) is 23.4 Å². The molecule has 8 heteroatoms. The molecule has 3 rings (SSSR count). The minimum atomic E-state index is -4.05. The number of hydrogen-bond donors (Lipinski definition) is 1. The Kier molecular flexibility index (Phi) is 4.81. The molecular formula is C18H18F2N2O3S. The van der Waals surface area contributed by atoms with Gasteiger partial charge >= 0.3 is 0 Å². The Hall–Kier alpha value is -2.32. The van der Waals surface area contributed by atoms with Crippen molar-refractivity contribution < 1.29 is 22.0 Å². The quantitative estimate of drug-likeness (QED) is 0.887. The molecule has 1 amide bonds. The molecule has 0 aliphatic carbocycles. The molecule has 26 heavy (non-hydrogen) atoms. The van der Waals surface area contributed by atoms with Gasteiger partial charge in [0.05, 0.1) is 4.90 Å². The number of nitrogens with one attached hydrogen (secondary N) is 1. The first-order valence-electron chi connectivity index (χ1n) is 8.05. The van der Waals surface area contributed by atoms with Crippen LogP contribution in [0.4, 0.5) is 14.5 Å². The van der Waals surface area contributed by atoms with E-state index in [2.05, 4.69) is 4.72 Å². The first-order chi connectivity index (χ1) is 12.2. The molecule has 0 saturated carbocycles. The summed E-state index contributed by atoms with van der Waals surface area (Å²) in [5, 5.41) is 0. The monoisotopic (exact) mass is 380 g/mol. The van der Waals surface area contributed by atoms with E-state index >= 15 is 0 Å². The number of sulfonamides is 1. The number of hydrogen-bond acceptors (Lipinski definition) is 3. The van der Waals surface area contributed by atoms with Gasteiger partial charge < -0.3 is 4.90 Å². The van der Waals surface area contributed by atoms with Crippen LogP contribution in [0.25, 0.3) is 0 Å². The van der Waals surface area contributed by atoms with Gasteiger partial charge in [-0.1, -0.05) is 6.07 Å². The third-order valence-electron chi connectivity index (χ3n) is 4.40. The Balaban J connectivity index is 1.82. The Bertz CT molecular complexity index is 976. The van der Waals surface area contributed by atoms with Gasteiger partial charge in [-0.2, -0.15) is 4.72 Å². The highest BCUT2D eigenvalue weighted by Crippen LogP contribution is 2.25. The number of rotatable bonds is 4. The number of anilines is 1. The Labute approximate surface area is 150 Å². The molecule has 0 radical (unpaired) electrons. The molecule has 1 N–H and O–H groups in total. The smallest absolute Gasteiger partial charge is 0.245 e. The molecule has 0 aromatic heterocycles. The minimum Gasteiger partial charge on any atom is -0.311 e. The summed E-state index contributed by atoms with van der Waals surface area (Å²) in [5.41, 5.74) is 1.29. The van der Waals surface area contributed by atoms with E-state index in [0.717, 1.165) is 6.07 Å². The second-order valence-electron chi connectivity index (χ2n) is 6.30. The fourth-order valence-corrected chi connectivity index (χ4v) is 4.44. The van der Waals surface area contributed by atoms with Crippen LogP contribution in [0.15, 0.2) is 41.3 Å². The standard InChI is InChI=1S/C18H18F2N2O3S/c1-11-3-4-13(19)10-17(11)26(24,25)21-16-7-8-22(18(16)23)14-5-6-15(20)12(2)9-14/h3-6,9-10,16,21H,7-8H2,1-2H3/t16-/m1/s1. The summed E-state index contributed by atoms with van der Waals surface area (Å²) < 4.78 is 54.3. The Morgan fingerprint density at radius 1 is 1.08 bits per heavy atom. The molecule has 1 atom stereocenters. The van der Waals surface area contributed by atoms with Crippen molar-refractivity contribution in [3.8, 4) is 0 Å². The van der Waals surface area contributed by atoms with E-state index in [9.17, 15) is 22.0 Å². The van der Waals surface area contributed by atoms with Crippen LogP contribution in [-0.4, -0.2) is 26.9 Å². The zero-order chi connectivity index (χ0) is 19.1. The highest BCUT2D eigenvalue weighted by Gasteiger charge is 2.36. The van der Waals surface area contributed by atoms with Crippen molar-refractivity contribution >= 4 is 21.6 Å². The molecule has 0 bridgehead atoms. The van der Waals surface area contributed by atoms with Crippen LogP contribution < -0.4 is 9.62 Å². The average Bonchev–Trinajstić information content (AvgIpc) is 2.92. The summed E-state index contributed by atoms with van der Waals surface area (Å²) in [7, 11) is -4.05. The number of amides is 1. The van der Waals surface area contributed by atoms with Crippen molar-refractivity contribution in [1.82, 2.24) is 4.72 Å². The number of benzene rings is 2. The van der Waals surface area contributed by atoms with E-state index < -0.39 is 27.8 Å². The zero-order valence-corrected chi connectivity index (χ0v) is 15.1. The third kappa shape index (κ3) is 3.47. The fraction of sp³-hybridized carbons (Fsp3) is 0.278. The second kappa shape index (κ2) is 6.77. The summed E-state index contributed by atoms with van der Waals surface area (Å²) in [6.07, 6.45) is 0.267. The van der Waals surface area contributed by atoms with E-state index in [4.69, 9.17) is 0 Å².